The van der Waals surface area contributed by atoms with Gasteiger partial charge < -0.3 is 5.43 Å². The summed E-state index contributed by atoms with van der Waals surface area (Å²) >= 11 is 0. The molecule has 0 aromatic rings. The van der Waals surface area contributed by atoms with E-state index >= 15 is 0 Å². The van der Waals surface area contributed by atoms with Gasteiger partial charge in [0, 0.05) is 12.8 Å². The van der Waals surface area contributed by atoms with Crippen molar-refractivity contribution in [1.82, 2.24) is 5.43 Å². The Bertz CT molecular complexity index is 120. The molecule has 0 aliphatic heterocycles. The van der Waals surface area contributed by atoms with Gasteiger partial charge >= 0.3 is 0 Å². The van der Waals surface area contributed by atoms with E-state index < -0.39 is 0 Å². The third-order valence-corrected chi connectivity index (χ3v) is 1.09. The van der Waals surface area contributed by atoms with Crippen LogP contribution in [0, 0.1) is 5.41 Å². The molecule has 0 spiro atoms. The zero-order valence-corrected chi connectivity index (χ0v) is 7.65. The predicted octanol–water partition coefficient (Wildman–Crippen LogP) is 2.02. The number of hydrogen-bond donors (Lipinski definition) is 1. The fourth-order valence-corrected chi connectivity index (χ4v) is 0.998. The maximum Gasteiger partial charge on any atom is 0.0352 e. The van der Waals surface area contributed by atoms with Crippen LogP contribution in [0.25, 0.3) is 0 Å². The second-order valence-electron chi connectivity index (χ2n) is 3.81. The van der Waals surface area contributed by atoms with E-state index in [2.05, 4.69) is 31.3 Å². The van der Waals surface area contributed by atoms with Crippen molar-refractivity contribution in [3.05, 3.63) is 0 Å². The fraction of sp³-hybridized carbons (Fsp3) is 0.875. The first-order valence-electron chi connectivity index (χ1n) is 3.65. The summed E-state index contributed by atoms with van der Waals surface area (Å²) in [5.41, 5.74) is 4.29. The third-order valence-electron chi connectivity index (χ3n) is 1.09. The Hall–Kier alpha value is -0.530. The molecule has 0 fully saturated rings. The quantitative estimate of drug-likeness (QED) is 0.463. The molecule has 60 valence electrons. The normalized spacial score (nSPS) is 13.5. The second kappa shape index (κ2) is 3.59. The van der Waals surface area contributed by atoms with Crippen molar-refractivity contribution in [1.29, 1.82) is 0 Å². The first kappa shape index (κ1) is 9.47. The minimum absolute atomic E-state index is 0.352. The van der Waals surface area contributed by atoms with Crippen molar-refractivity contribution < 1.29 is 0 Å². The van der Waals surface area contributed by atoms with Gasteiger partial charge in [0.1, 0.15) is 0 Å². The van der Waals surface area contributed by atoms with Gasteiger partial charge in [-0.3, -0.25) is 0 Å². The van der Waals surface area contributed by atoms with Crippen LogP contribution in [-0.2, 0) is 0 Å². The molecule has 0 unspecified atom stereocenters. The van der Waals surface area contributed by atoms with Gasteiger partial charge in [0.15, 0.2) is 0 Å². The molecule has 0 aromatic carbocycles. The molecule has 0 aromatic heterocycles. The summed E-state index contributed by atoms with van der Waals surface area (Å²) in [6, 6.07) is 0. The smallest absolute Gasteiger partial charge is 0.0352 e. The highest BCUT2D eigenvalue weighted by Crippen LogP contribution is 2.18. The summed E-state index contributed by atoms with van der Waals surface area (Å²) in [5.74, 6) is 0. The number of rotatable bonds is 2. The Morgan fingerprint density at radius 1 is 1.40 bits per heavy atom. The van der Waals surface area contributed by atoms with E-state index in [9.17, 15) is 0 Å². The van der Waals surface area contributed by atoms with Gasteiger partial charge in [-0.1, -0.05) is 20.8 Å². The molecule has 0 heterocycles. The van der Waals surface area contributed by atoms with Crippen molar-refractivity contribution >= 4 is 5.71 Å². The molecule has 10 heavy (non-hydrogen) atoms. The zero-order valence-electron chi connectivity index (χ0n) is 7.65. The van der Waals surface area contributed by atoms with Crippen LogP contribution >= 0.6 is 0 Å². The highest BCUT2D eigenvalue weighted by atomic mass is 15.3. The monoisotopic (exact) mass is 142 g/mol. The molecular weight excluding hydrogens is 124 g/mol. The van der Waals surface area contributed by atoms with E-state index in [1.165, 1.54) is 0 Å². The van der Waals surface area contributed by atoms with Gasteiger partial charge in [-0.15, -0.1) is 0 Å². The van der Waals surface area contributed by atoms with Crippen LogP contribution < -0.4 is 5.43 Å². The van der Waals surface area contributed by atoms with E-state index in [0.717, 1.165) is 12.1 Å². The summed E-state index contributed by atoms with van der Waals surface area (Å²) < 4.78 is 0. The van der Waals surface area contributed by atoms with E-state index in [0.29, 0.717) is 5.41 Å². The summed E-state index contributed by atoms with van der Waals surface area (Å²) in [5, 5.41) is 4.08. The minimum Gasteiger partial charge on any atom is -0.313 e. The van der Waals surface area contributed by atoms with Gasteiger partial charge in [0.25, 0.3) is 0 Å². The van der Waals surface area contributed by atoms with Crippen LogP contribution in [0.4, 0.5) is 0 Å². The Labute approximate surface area is 63.7 Å². The van der Waals surface area contributed by atoms with Gasteiger partial charge in [-0.25, -0.2) is 0 Å². The van der Waals surface area contributed by atoms with E-state index in [1.807, 2.05) is 14.0 Å². The summed E-state index contributed by atoms with van der Waals surface area (Å²) in [4.78, 5) is 0. The molecule has 1 N–H and O–H groups in total. The van der Waals surface area contributed by atoms with Crippen molar-refractivity contribution in [2.45, 2.75) is 34.1 Å². The molecule has 0 amide bonds. The van der Waals surface area contributed by atoms with Crippen LogP contribution in [0.5, 0.6) is 0 Å². The molecule has 0 radical (unpaired) electrons. The maximum absolute atomic E-state index is 4.08. The van der Waals surface area contributed by atoms with Crippen molar-refractivity contribution in [3.8, 4) is 0 Å². The number of hydrazone groups is 1. The Morgan fingerprint density at radius 2 is 1.90 bits per heavy atom. The molecule has 0 aliphatic rings. The molecule has 2 heteroatoms. The maximum atomic E-state index is 4.08. The topological polar surface area (TPSA) is 24.4 Å². The summed E-state index contributed by atoms with van der Waals surface area (Å²) in [7, 11) is 1.83. The Morgan fingerprint density at radius 3 is 2.20 bits per heavy atom. The molecule has 0 bridgehead atoms. The van der Waals surface area contributed by atoms with Crippen molar-refractivity contribution in [2.75, 3.05) is 7.05 Å². The lowest BCUT2D eigenvalue weighted by Crippen LogP contribution is -2.12. The summed E-state index contributed by atoms with van der Waals surface area (Å²) in [6.45, 7) is 8.67. The van der Waals surface area contributed by atoms with Crippen molar-refractivity contribution in [3.63, 3.8) is 0 Å². The van der Waals surface area contributed by atoms with Gasteiger partial charge in [0.2, 0.25) is 0 Å². The van der Waals surface area contributed by atoms with Crippen LogP contribution in [-0.4, -0.2) is 12.8 Å². The van der Waals surface area contributed by atoms with Gasteiger partial charge in [-0.05, 0) is 18.8 Å². The third kappa shape index (κ3) is 5.60. The highest BCUT2D eigenvalue weighted by Gasteiger charge is 2.10. The first-order chi connectivity index (χ1) is 4.45. The van der Waals surface area contributed by atoms with Gasteiger partial charge in [0.05, 0.1) is 0 Å². The molecule has 0 rings (SSSR count). The van der Waals surface area contributed by atoms with E-state index in [4.69, 9.17) is 0 Å². The fourth-order valence-electron chi connectivity index (χ4n) is 0.998. The van der Waals surface area contributed by atoms with Crippen molar-refractivity contribution in [2.24, 2.45) is 10.5 Å². The van der Waals surface area contributed by atoms with E-state index in [-0.39, 0.29) is 0 Å². The van der Waals surface area contributed by atoms with Crippen LogP contribution in [0.1, 0.15) is 34.1 Å². The first-order valence-corrected chi connectivity index (χ1v) is 3.65. The molecule has 2 nitrogen and oxygen atoms in total. The van der Waals surface area contributed by atoms with Gasteiger partial charge in [-0.2, -0.15) is 5.10 Å². The average Bonchev–Trinajstić information content (AvgIpc) is 1.59. The lowest BCUT2D eigenvalue weighted by molar-refractivity contribution is 0.432. The SMILES string of the molecule is CNN=C(C)CC(C)(C)C. The van der Waals surface area contributed by atoms with E-state index in [1.54, 1.807) is 0 Å². The molecule has 0 saturated heterocycles. The predicted molar refractivity (Wildman–Crippen MR) is 46.2 cm³/mol. The molecule has 0 saturated carbocycles. The lowest BCUT2D eigenvalue weighted by Gasteiger charge is -2.16. The lowest BCUT2D eigenvalue weighted by atomic mass is 9.90. The standard InChI is InChI=1S/C8H18N2/c1-7(10-9-5)6-8(2,3)4/h9H,6H2,1-5H3. The zero-order chi connectivity index (χ0) is 8.20. The number of nitrogens with one attached hydrogen (secondary N) is 1. The summed E-state index contributed by atoms with van der Waals surface area (Å²) in [6.07, 6.45) is 1.05. The molecule has 0 atom stereocenters. The molecule has 0 aliphatic carbocycles. The van der Waals surface area contributed by atoms with Crippen LogP contribution in [0.3, 0.4) is 0 Å². The average molecular weight is 142 g/mol. The highest BCUT2D eigenvalue weighted by molar-refractivity contribution is 5.82. The largest absolute Gasteiger partial charge is 0.313 e. The number of hydrogen-bond acceptors (Lipinski definition) is 2. The molecular formula is C8H18N2. The van der Waals surface area contributed by atoms with Crippen LogP contribution in [0.15, 0.2) is 5.10 Å². The second-order valence-corrected chi connectivity index (χ2v) is 3.81. The Kier molecular flexibility index (Phi) is 3.40. The number of nitrogens with zero attached hydrogens (tertiary/aromatic N) is 1. The minimum atomic E-state index is 0.352. The van der Waals surface area contributed by atoms with Crippen LogP contribution in [0.2, 0.25) is 0 Å². The Balaban J connectivity index is 3.79.